The number of hydrogen-bond acceptors (Lipinski definition) is 30. The normalized spacial score (nSPS) is 25.4. The van der Waals surface area contributed by atoms with Gasteiger partial charge in [-0.3, -0.25) is 39.2 Å². The fourth-order valence-corrected chi connectivity index (χ4v) is 18.0. The quantitative estimate of drug-likeness (QED) is 0.136. The molecule has 4 aromatic carbocycles. The predicted molar refractivity (Wildman–Crippen MR) is 357 cm³/mol. The summed E-state index contributed by atoms with van der Waals surface area (Å²) in [5, 5.41) is 0. The van der Waals surface area contributed by atoms with Crippen molar-refractivity contribution < 1.29 is 37.9 Å². The highest BCUT2D eigenvalue weighted by Gasteiger charge is 2.65. The molecule has 0 spiro atoms. The minimum atomic E-state index is -0.224. The van der Waals surface area contributed by atoms with Crippen LogP contribution in [0.5, 0.6) is 46.5 Å². The Kier molecular flexibility index (Phi) is 10.1. The molecule has 0 aliphatic carbocycles. The summed E-state index contributed by atoms with van der Waals surface area (Å²) in [6.07, 6.45) is 22.0. The molecule has 0 N–H and O–H groups in total. The fraction of sp³-hybridized carbons (Fsp3) is 0.183. The number of nitrogens with zero attached hydrogens (tertiary/aromatic N) is 22. The van der Waals surface area contributed by atoms with Crippen molar-refractivity contribution in [2.24, 2.45) is 0 Å². The third-order valence-corrected chi connectivity index (χ3v) is 21.4. The highest BCUT2D eigenvalue weighted by atomic mass is 16.6. The summed E-state index contributed by atoms with van der Waals surface area (Å²) in [5.74, 6) is 10.5. The van der Waals surface area contributed by atoms with E-state index in [0.29, 0.717) is 35.0 Å². The van der Waals surface area contributed by atoms with Crippen LogP contribution >= 0.6 is 0 Å². The number of fused-ring (bicyclic) bond motifs is 40. The van der Waals surface area contributed by atoms with Gasteiger partial charge in [-0.25, -0.2) is 59.8 Å². The van der Waals surface area contributed by atoms with Crippen molar-refractivity contribution in [2.45, 2.75) is 80.9 Å². The highest BCUT2D eigenvalue weighted by molar-refractivity contribution is 5.93. The molecule has 16 aliphatic rings. The lowest BCUT2D eigenvalue weighted by Gasteiger charge is -2.26. The van der Waals surface area contributed by atoms with Crippen molar-refractivity contribution in [3.05, 3.63) is 207 Å². The van der Waals surface area contributed by atoms with Gasteiger partial charge in [0.05, 0.1) is 70.3 Å². The van der Waals surface area contributed by atoms with Crippen LogP contribution in [0.2, 0.25) is 0 Å². The van der Waals surface area contributed by atoms with Crippen molar-refractivity contribution in [1.29, 1.82) is 0 Å². The number of ether oxygens (including phenoxy) is 8. The van der Waals surface area contributed by atoms with Crippen LogP contribution in [-0.4, -0.2) is 120 Å². The zero-order valence-corrected chi connectivity index (χ0v) is 51.4. The Morgan fingerprint density at radius 1 is 0.228 bits per heavy atom. The first kappa shape index (κ1) is 53.6. The van der Waals surface area contributed by atoms with Gasteiger partial charge in [-0.05, 0) is 72.8 Å². The van der Waals surface area contributed by atoms with Crippen LogP contribution in [0.15, 0.2) is 184 Å². The summed E-state index contributed by atoms with van der Waals surface area (Å²) < 4.78 is 49.7. The number of benzene rings is 4. The zero-order chi connectivity index (χ0) is 64.5. The maximum absolute atomic E-state index is 6.29. The van der Waals surface area contributed by atoms with Gasteiger partial charge in [0.25, 0.3) is 11.8 Å². The number of rotatable bonds is 0. The Hall–Kier alpha value is -13.5. The van der Waals surface area contributed by atoms with Gasteiger partial charge in [0.1, 0.15) is 60.4 Å². The molecular formula is C71H46N22O8. The second-order valence-corrected chi connectivity index (χ2v) is 25.8. The molecule has 0 saturated heterocycles. The molecule has 30 nitrogen and oxygen atoms in total. The molecule has 12 aromatic rings. The molecule has 28 rings (SSSR count). The van der Waals surface area contributed by atoms with Gasteiger partial charge in [-0.2, -0.15) is 9.97 Å². The van der Waals surface area contributed by atoms with Gasteiger partial charge >= 0.3 is 0 Å². The van der Waals surface area contributed by atoms with E-state index in [9.17, 15) is 0 Å². The highest BCUT2D eigenvalue weighted by Crippen LogP contribution is 2.68. The minimum Gasteiger partial charge on any atom is -0.465 e. The first-order chi connectivity index (χ1) is 49.7. The number of aromatic nitrogens is 14. The SMILES string of the molecule is C.c1cc2c3c(c1)N1c4cncnc4OC1C3C1Oc3ncncc3N21.c1cc2c3c(c1)N1c4nccnc4OC1C3C1Oc3nccnc3N21.c1cc2c3c(c1)N1c4ncncc4OC1C3C1Oc3cncnc3N21.c1cnc2c(c1)OC1C3c4c(cccc4N4c5ncccc5OC34)N21. The second kappa shape index (κ2) is 19.0. The van der Waals surface area contributed by atoms with Crippen LogP contribution in [0.25, 0.3) is 0 Å². The van der Waals surface area contributed by atoms with Gasteiger partial charge in [-0.15, -0.1) is 0 Å². The molecule has 0 fully saturated rings. The first-order valence-corrected chi connectivity index (χ1v) is 32.6. The molecule has 8 atom stereocenters. The van der Waals surface area contributed by atoms with E-state index >= 15 is 0 Å². The monoisotopic (exact) mass is 1330 g/mol. The van der Waals surface area contributed by atoms with Crippen LogP contribution in [-0.2, 0) is 0 Å². The molecule has 8 aromatic heterocycles. The maximum Gasteiger partial charge on any atom is 0.260 e. The summed E-state index contributed by atoms with van der Waals surface area (Å²) in [4.78, 5) is 77.9. The molecule has 0 radical (unpaired) electrons. The molecular weight excluding hydrogens is 1290 g/mol. The van der Waals surface area contributed by atoms with Crippen molar-refractivity contribution in [3.63, 3.8) is 0 Å². The van der Waals surface area contributed by atoms with E-state index in [1.807, 2.05) is 48.8 Å². The second-order valence-electron chi connectivity index (χ2n) is 25.8. The topological polar surface area (TPSA) is 280 Å². The summed E-state index contributed by atoms with van der Waals surface area (Å²) in [6.45, 7) is 0. The van der Waals surface area contributed by atoms with Crippen molar-refractivity contribution >= 4 is 91.8 Å². The van der Waals surface area contributed by atoms with Crippen LogP contribution in [0.1, 0.15) is 53.4 Å². The van der Waals surface area contributed by atoms with Gasteiger partial charge < -0.3 is 37.9 Å². The average molecular weight is 1340 g/mol. The molecule has 0 saturated carbocycles. The smallest absolute Gasteiger partial charge is 0.260 e. The molecule has 0 bridgehead atoms. The van der Waals surface area contributed by atoms with Crippen LogP contribution in [0.4, 0.5) is 91.8 Å². The third kappa shape index (κ3) is 6.57. The Balaban J connectivity index is 0.0000000809. The summed E-state index contributed by atoms with van der Waals surface area (Å²) >= 11 is 0. The molecule has 30 heteroatoms. The van der Waals surface area contributed by atoms with Gasteiger partial charge in [0.2, 0.25) is 11.8 Å². The standard InChI is InChI=1S/C19H12N4O2.3C17H10N6O2.CH4/c1-4-10-14-11(5-1)23-17-13(7-3-9-21-17)25-19(23)15(14)18-22(10)16-12(24-18)6-2-8-20-16;1-2-8-12-9(3-1)23-15-11(5-19-7-21-15)25-17(23)13(12)16-22(8)14-10(24-16)4-18-6-20-14;1-2-8-12-9(3-1)23-11-5-19-7-21-15(11)25-17(23)13(12)16-22(8)10-4-18-6-20-14(10)24-16;1-2-8-10-9(3-1)23-13-15(21-7-5-19-13)25-17(23)11(10)16-22(8)12-14(24-16)20-6-4-18-12;/h1-9,15,18-19H;2*1-7,13,16-17H;1-7,11,16-17H;1H4. The average Bonchev–Trinajstić information content (AvgIpc) is 1.54. The summed E-state index contributed by atoms with van der Waals surface area (Å²) in [6, 6.07) is 32.9. The van der Waals surface area contributed by atoms with E-state index in [2.05, 4.69) is 170 Å². The summed E-state index contributed by atoms with van der Waals surface area (Å²) in [5.41, 5.74) is 15.7. The fourth-order valence-electron chi connectivity index (χ4n) is 18.0. The maximum atomic E-state index is 6.29. The lowest BCUT2D eigenvalue weighted by molar-refractivity contribution is 0.122. The Morgan fingerprint density at radius 2 is 0.515 bits per heavy atom. The Morgan fingerprint density at radius 3 is 0.911 bits per heavy atom. The number of anilines is 16. The van der Waals surface area contributed by atoms with E-state index in [1.54, 1.807) is 62.2 Å². The van der Waals surface area contributed by atoms with Gasteiger partial charge in [0.15, 0.2) is 108 Å². The predicted octanol–water partition coefficient (Wildman–Crippen LogP) is 10.2. The molecule has 0 amide bonds. The van der Waals surface area contributed by atoms with Gasteiger partial charge in [-0.1, -0.05) is 31.7 Å². The lowest BCUT2D eigenvalue weighted by atomic mass is 10.0. The Labute approximate surface area is 570 Å². The summed E-state index contributed by atoms with van der Waals surface area (Å²) in [7, 11) is 0. The van der Waals surface area contributed by atoms with E-state index in [-0.39, 0.29) is 80.9 Å². The molecule has 16 aliphatic heterocycles. The minimum absolute atomic E-state index is 0. The number of hydrogen-bond donors (Lipinski definition) is 0. The first-order valence-electron chi connectivity index (χ1n) is 32.6. The third-order valence-electron chi connectivity index (χ3n) is 21.4. The van der Waals surface area contributed by atoms with E-state index in [0.717, 1.165) is 103 Å². The Bertz CT molecular complexity index is 4650. The molecule has 488 valence electrons. The molecule has 101 heavy (non-hydrogen) atoms. The largest absolute Gasteiger partial charge is 0.465 e. The van der Waals surface area contributed by atoms with Crippen molar-refractivity contribution in [1.82, 2.24) is 69.8 Å². The van der Waals surface area contributed by atoms with Gasteiger partial charge in [0, 0.05) is 59.4 Å². The molecule has 24 heterocycles. The van der Waals surface area contributed by atoms with Crippen LogP contribution in [0.3, 0.4) is 0 Å². The van der Waals surface area contributed by atoms with E-state index < -0.39 is 0 Å². The molecule has 8 unspecified atom stereocenters. The van der Waals surface area contributed by atoms with Crippen LogP contribution < -0.4 is 77.1 Å². The lowest BCUT2D eigenvalue weighted by Crippen LogP contribution is -2.41. The van der Waals surface area contributed by atoms with E-state index in [4.69, 9.17) is 37.9 Å². The van der Waals surface area contributed by atoms with Crippen LogP contribution in [0, 0.1) is 0 Å². The number of pyridine rings is 2. The van der Waals surface area contributed by atoms with Crippen molar-refractivity contribution in [2.75, 3.05) is 39.2 Å². The van der Waals surface area contributed by atoms with Crippen molar-refractivity contribution in [3.8, 4) is 46.5 Å². The zero-order valence-electron chi connectivity index (χ0n) is 51.4. The van der Waals surface area contributed by atoms with E-state index in [1.165, 1.54) is 34.9 Å².